The van der Waals surface area contributed by atoms with Crippen molar-refractivity contribution >= 4 is 5.91 Å². The van der Waals surface area contributed by atoms with Gasteiger partial charge in [-0.3, -0.25) is 4.79 Å². The second-order valence-corrected chi connectivity index (χ2v) is 5.41. The van der Waals surface area contributed by atoms with Crippen LogP contribution in [0.5, 0.6) is 0 Å². The van der Waals surface area contributed by atoms with Crippen LogP contribution in [-0.4, -0.2) is 36.6 Å². The second kappa shape index (κ2) is 5.72. The lowest BCUT2D eigenvalue weighted by Gasteiger charge is -2.40. The highest BCUT2D eigenvalue weighted by Crippen LogP contribution is 2.25. The molecule has 0 bridgehead atoms. The van der Waals surface area contributed by atoms with E-state index in [0.717, 1.165) is 24.9 Å². The van der Waals surface area contributed by atoms with E-state index in [0.29, 0.717) is 6.54 Å². The monoisotopic (exact) mass is 262 g/mol. The van der Waals surface area contributed by atoms with Crippen molar-refractivity contribution in [3.05, 3.63) is 35.9 Å². The SMILES string of the molecule is COC1(C)CCCN(C(=O)C(N)c2ccccc2)C1. The van der Waals surface area contributed by atoms with E-state index in [9.17, 15) is 4.79 Å². The van der Waals surface area contributed by atoms with Gasteiger partial charge in [0.1, 0.15) is 6.04 Å². The fourth-order valence-corrected chi connectivity index (χ4v) is 2.56. The minimum Gasteiger partial charge on any atom is -0.377 e. The Kier molecular flexibility index (Phi) is 4.22. The number of likely N-dealkylation sites (tertiary alicyclic amines) is 1. The number of rotatable bonds is 3. The number of nitrogens with two attached hydrogens (primary N) is 1. The highest BCUT2D eigenvalue weighted by molar-refractivity contribution is 5.83. The molecule has 4 nitrogen and oxygen atoms in total. The molecule has 1 aromatic carbocycles. The molecule has 0 spiro atoms. The predicted octanol–water partition coefficient (Wildman–Crippen LogP) is 1.71. The van der Waals surface area contributed by atoms with Crippen LogP contribution >= 0.6 is 0 Å². The van der Waals surface area contributed by atoms with E-state index in [-0.39, 0.29) is 11.5 Å². The third-order valence-corrected chi connectivity index (χ3v) is 3.89. The Bertz CT molecular complexity index is 435. The first-order valence-electron chi connectivity index (χ1n) is 6.70. The number of piperidine rings is 1. The zero-order valence-electron chi connectivity index (χ0n) is 11.6. The van der Waals surface area contributed by atoms with Gasteiger partial charge in [-0.2, -0.15) is 0 Å². The Balaban J connectivity index is 2.07. The molecule has 2 unspecified atom stereocenters. The summed E-state index contributed by atoms with van der Waals surface area (Å²) in [4.78, 5) is 14.3. The van der Waals surface area contributed by atoms with Crippen molar-refractivity contribution < 1.29 is 9.53 Å². The molecule has 0 radical (unpaired) electrons. The van der Waals surface area contributed by atoms with Gasteiger partial charge in [-0.15, -0.1) is 0 Å². The molecule has 1 fully saturated rings. The largest absolute Gasteiger partial charge is 0.377 e. The molecule has 1 amide bonds. The molecule has 2 N–H and O–H groups in total. The Morgan fingerprint density at radius 2 is 2.11 bits per heavy atom. The molecule has 0 saturated carbocycles. The molecule has 1 aromatic rings. The molecule has 19 heavy (non-hydrogen) atoms. The van der Waals surface area contributed by atoms with Crippen LogP contribution in [0.25, 0.3) is 0 Å². The van der Waals surface area contributed by atoms with Gasteiger partial charge in [0.25, 0.3) is 0 Å². The number of methoxy groups -OCH3 is 1. The van der Waals surface area contributed by atoms with Crippen molar-refractivity contribution in [2.24, 2.45) is 5.73 Å². The number of benzene rings is 1. The zero-order chi connectivity index (χ0) is 13.9. The van der Waals surface area contributed by atoms with E-state index in [2.05, 4.69) is 0 Å². The van der Waals surface area contributed by atoms with E-state index < -0.39 is 6.04 Å². The molecule has 2 rings (SSSR count). The van der Waals surface area contributed by atoms with Crippen LogP contribution in [0.1, 0.15) is 31.4 Å². The van der Waals surface area contributed by atoms with Crippen LogP contribution in [0.15, 0.2) is 30.3 Å². The normalized spacial score (nSPS) is 25.1. The molecule has 1 heterocycles. The van der Waals surface area contributed by atoms with E-state index in [1.807, 2.05) is 42.2 Å². The first kappa shape index (κ1) is 14.0. The maximum absolute atomic E-state index is 12.4. The van der Waals surface area contributed by atoms with Gasteiger partial charge in [0.05, 0.1) is 5.60 Å². The number of amides is 1. The van der Waals surface area contributed by atoms with Crippen molar-refractivity contribution in [1.82, 2.24) is 4.90 Å². The molecule has 2 atom stereocenters. The molecule has 104 valence electrons. The van der Waals surface area contributed by atoms with Crippen molar-refractivity contribution in [2.75, 3.05) is 20.2 Å². The fourth-order valence-electron chi connectivity index (χ4n) is 2.56. The van der Waals surface area contributed by atoms with Gasteiger partial charge in [-0.1, -0.05) is 30.3 Å². The predicted molar refractivity (Wildman–Crippen MR) is 74.6 cm³/mol. The minimum absolute atomic E-state index is 0.0193. The van der Waals surface area contributed by atoms with E-state index in [1.165, 1.54) is 0 Å². The van der Waals surface area contributed by atoms with Gasteiger partial charge in [-0.05, 0) is 25.3 Å². The number of hydrogen-bond acceptors (Lipinski definition) is 3. The Morgan fingerprint density at radius 1 is 1.42 bits per heavy atom. The molecule has 4 heteroatoms. The molecule has 1 aliphatic rings. The van der Waals surface area contributed by atoms with Crippen molar-refractivity contribution in [3.8, 4) is 0 Å². The number of carbonyl (C=O) groups excluding carboxylic acids is 1. The fraction of sp³-hybridized carbons (Fsp3) is 0.533. The topological polar surface area (TPSA) is 55.6 Å². The second-order valence-electron chi connectivity index (χ2n) is 5.41. The van der Waals surface area contributed by atoms with E-state index in [4.69, 9.17) is 10.5 Å². The highest BCUT2D eigenvalue weighted by atomic mass is 16.5. The number of ether oxygens (including phenoxy) is 1. The smallest absolute Gasteiger partial charge is 0.244 e. The summed E-state index contributed by atoms with van der Waals surface area (Å²) in [5.41, 5.74) is 6.68. The van der Waals surface area contributed by atoms with E-state index >= 15 is 0 Å². The molecule has 1 aliphatic heterocycles. The third-order valence-electron chi connectivity index (χ3n) is 3.89. The van der Waals surface area contributed by atoms with Gasteiger partial charge >= 0.3 is 0 Å². The van der Waals surface area contributed by atoms with Crippen LogP contribution in [-0.2, 0) is 9.53 Å². The van der Waals surface area contributed by atoms with Gasteiger partial charge in [0.15, 0.2) is 0 Å². The standard InChI is InChI=1S/C15H22N2O2/c1-15(19-2)9-6-10-17(11-15)14(18)13(16)12-7-4-3-5-8-12/h3-5,7-8,13H,6,9-11,16H2,1-2H3. The Morgan fingerprint density at radius 3 is 2.74 bits per heavy atom. The summed E-state index contributed by atoms with van der Waals surface area (Å²) in [6, 6.07) is 8.92. The van der Waals surface area contributed by atoms with Gasteiger partial charge in [0.2, 0.25) is 5.91 Å². The highest BCUT2D eigenvalue weighted by Gasteiger charge is 2.34. The lowest BCUT2D eigenvalue weighted by Crippen LogP contribution is -2.51. The lowest BCUT2D eigenvalue weighted by atomic mass is 9.93. The van der Waals surface area contributed by atoms with Crippen LogP contribution in [0.2, 0.25) is 0 Å². The van der Waals surface area contributed by atoms with Crippen LogP contribution < -0.4 is 5.73 Å². The zero-order valence-corrected chi connectivity index (χ0v) is 11.6. The molecule has 0 aromatic heterocycles. The van der Waals surface area contributed by atoms with Gasteiger partial charge in [0, 0.05) is 20.2 Å². The number of hydrogen-bond donors (Lipinski definition) is 1. The summed E-state index contributed by atoms with van der Waals surface area (Å²) in [6.07, 6.45) is 1.94. The summed E-state index contributed by atoms with van der Waals surface area (Å²) < 4.78 is 5.51. The van der Waals surface area contributed by atoms with Crippen molar-refractivity contribution in [3.63, 3.8) is 0 Å². The molecular weight excluding hydrogens is 240 g/mol. The number of nitrogens with zero attached hydrogens (tertiary/aromatic N) is 1. The summed E-state index contributed by atoms with van der Waals surface area (Å²) in [7, 11) is 1.70. The first-order chi connectivity index (χ1) is 9.06. The van der Waals surface area contributed by atoms with Crippen LogP contribution in [0.4, 0.5) is 0 Å². The summed E-state index contributed by atoms with van der Waals surface area (Å²) in [5, 5.41) is 0. The van der Waals surface area contributed by atoms with Crippen molar-refractivity contribution in [2.45, 2.75) is 31.4 Å². The summed E-state index contributed by atoms with van der Waals surface area (Å²) in [5.74, 6) is -0.0193. The average Bonchev–Trinajstić information content (AvgIpc) is 2.46. The van der Waals surface area contributed by atoms with E-state index in [1.54, 1.807) is 7.11 Å². The number of carbonyl (C=O) groups is 1. The maximum Gasteiger partial charge on any atom is 0.244 e. The van der Waals surface area contributed by atoms with Crippen LogP contribution in [0, 0.1) is 0 Å². The lowest BCUT2D eigenvalue weighted by molar-refractivity contribution is -0.140. The summed E-state index contributed by atoms with van der Waals surface area (Å²) >= 11 is 0. The molecule has 0 aliphatic carbocycles. The van der Waals surface area contributed by atoms with Crippen molar-refractivity contribution in [1.29, 1.82) is 0 Å². The Hall–Kier alpha value is -1.39. The average molecular weight is 262 g/mol. The third kappa shape index (κ3) is 3.14. The maximum atomic E-state index is 12.4. The first-order valence-corrected chi connectivity index (χ1v) is 6.70. The minimum atomic E-state index is -0.583. The molecular formula is C15H22N2O2. The Labute approximate surface area is 114 Å². The summed E-state index contributed by atoms with van der Waals surface area (Å²) in [6.45, 7) is 3.42. The van der Waals surface area contributed by atoms with Gasteiger partial charge in [-0.25, -0.2) is 0 Å². The van der Waals surface area contributed by atoms with Crippen LogP contribution in [0.3, 0.4) is 0 Å². The van der Waals surface area contributed by atoms with Gasteiger partial charge < -0.3 is 15.4 Å². The molecule has 1 saturated heterocycles. The quantitative estimate of drug-likeness (QED) is 0.902.